The van der Waals surface area contributed by atoms with Crippen LogP contribution >= 0.6 is 0 Å². The van der Waals surface area contributed by atoms with Crippen molar-refractivity contribution < 1.29 is 4.79 Å². The molecule has 4 heteroatoms. The number of benzene rings is 1. The van der Waals surface area contributed by atoms with E-state index in [1.54, 1.807) is 0 Å². The molecule has 1 aromatic heterocycles. The summed E-state index contributed by atoms with van der Waals surface area (Å²) >= 11 is 0. The molecule has 2 N–H and O–H groups in total. The van der Waals surface area contributed by atoms with Crippen LogP contribution in [-0.2, 0) is 17.8 Å². The molecule has 1 heterocycles. The number of carbonyl (C=O) groups is 1. The summed E-state index contributed by atoms with van der Waals surface area (Å²) in [5.41, 5.74) is 7.77. The number of nitrogens with two attached hydrogens (primary N) is 1. The third-order valence-electron chi connectivity index (χ3n) is 4.67. The number of aromatic nitrogens is 2. The molecule has 1 aromatic carbocycles. The van der Waals surface area contributed by atoms with E-state index < -0.39 is 5.54 Å². The predicted molar refractivity (Wildman–Crippen MR) is 84.1 cm³/mol. The van der Waals surface area contributed by atoms with Crippen molar-refractivity contribution in [1.29, 1.82) is 0 Å². The van der Waals surface area contributed by atoms with Gasteiger partial charge in [-0.3, -0.25) is 4.79 Å². The van der Waals surface area contributed by atoms with Crippen LogP contribution in [-0.4, -0.2) is 20.9 Å². The van der Waals surface area contributed by atoms with Gasteiger partial charge in [-0.05, 0) is 31.9 Å². The maximum Gasteiger partial charge on any atom is 0.160 e. The zero-order valence-corrected chi connectivity index (χ0v) is 12.6. The lowest BCUT2D eigenvalue weighted by Gasteiger charge is -2.31. The van der Waals surface area contributed by atoms with Gasteiger partial charge in [0.25, 0.3) is 0 Å². The van der Waals surface area contributed by atoms with Crippen LogP contribution in [0.5, 0.6) is 0 Å². The number of rotatable bonds is 4. The zero-order chi connectivity index (χ0) is 14.9. The molecule has 0 radical (unpaired) electrons. The summed E-state index contributed by atoms with van der Waals surface area (Å²) in [5.74, 6) is 0.992. The van der Waals surface area contributed by atoms with E-state index in [9.17, 15) is 4.79 Å². The third kappa shape index (κ3) is 2.60. The lowest BCUT2D eigenvalue weighted by atomic mass is 9.78. The molecule has 0 bridgehead atoms. The molecule has 0 saturated heterocycles. The zero-order valence-electron chi connectivity index (χ0n) is 12.6. The van der Waals surface area contributed by atoms with Gasteiger partial charge in [0.05, 0.1) is 23.0 Å². The number of aryl methyl sites for hydroxylation is 1. The first-order valence-electron chi connectivity index (χ1n) is 7.90. The van der Waals surface area contributed by atoms with E-state index >= 15 is 0 Å². The fraction of sp³-hybridized carbons (Fsp3) is 0.529. The van der Waals surface area contributed by atoms with Gasteiger partial charge in [0.15, 0.2) is 5.78 Å². The van der Waals surface area contributed by atoms with Crippen molar-refractivity contribution in [1.82, 2.24) is 9.55 Å². The summed E-state index contributed by atoms with van der Waals surface area (Å²) in [5, 5.41) is 0. The second-order valence-electron chi connectivity index (χ2n) is 6.08. The minimum atomic E-state index is -0.630. The molecule has 1 saturated carbocycles. The Kier molecular flexibility index (Phi) is 3.81. The van der Waals surface area contributed by atoms with Gasteiger partial charge < -0.3 is 10.3 Å². The second kappa shape index (κ2) is 5.60. The van der Waals surface area contributed by atoms with Crippen molar-refractivity contribution in [2.75, 3.05) is 0 Å². The van der Waals surface area contributed by atoms with Gasteiger partial charge in [-0.2, -0.15) is 0 Å². The van der Waals surface area contributed by atoms with Crippen molar-refractivity contribution in [3.8, 4) is 0 Å². The normalized spacial score (nSPS) is 18.0. The van der Waals surface area contributed by atoms with Crippen molar-refractivity contribution in [3.05, 3.63) is 30.1 Å². The topological polar surface area (TPSA) is 60.9 Å². The van der Waals surface area contributed by atoms with Crippen molar-refractivity contribution in [2.45, 2.75) is 57.5 Å². The summed E-state index contributed by atoms with van der Waals surface area (Å²) < 4.78 is 2.12. The molecular weight excluding hydrogens is 262 g/mol. The summed E-state index contributed by atoms with van der Waals surface area (Å²) in [6.07, 6.45) is 5.30. The minimum absolute atomic E-state index is 0.146. The fourth-order valence-electron chi connectivity index (χ4n) is 3.39. The van der Waals surface area contributed by atoms with E-state index in [-0.39, 0.29) is 5.78 Å². The molecule has 112 valence electrons. The molecule has 2 aromatic rings. The van der Waals surface area contributed by atoms with Gasteiger partial charge in [-0.25, -0.2) is 4.98 Å². The highest BCUT2D eigenvalue weighted by molar-refractivity contribution is 5.90. The monoisotopic (exact) mass is 285 g/mol. The summed E-state index contributed by atoms with van der Waals surface area (Å²) in [6.45, 7) is 2.90. The molecule has 0 unspecified atom stereocenters. The maximum absolute atomic E-state index is 12.7. The Balaban J connectivity index is 1.89. The Bertz CT molecular complexity index is 653. The molecule has 1 aliphatic carbocycles. The van der Waals surface area contributed by atoms with E-state index in [2.05, 4.69) is 22.5 Å². The number of imidazole rings is 1. The third-order valence-corrected chi connectivity index (χ3v) is 4.67. The smallest absolute Gasteiger partial charge is 0.160 e. The first kappa shape index (κ1) is 14.3. The fourth-order valence-corrected chi connectivity index (χ4v) is 3.39. The van der Waals surface area contributed by atoms with Crippen LogP contribution < -0.4 is 5.73 Å². The number of nitrogens with zero attached hydrogens (tertiary/aromatic N) is 2. The molecule has 0 amide bonds. The maximum atomic E-state index is 12.7. The van der Waals surface area contributed by atoms with Crippen LogP contribution in [0, 0.1) is 0 Å². The highest BCUT2D eigenvalue weighted by atomic mass is 16.1. The number of ketones is 1. The van der Waals surface area contributed by atoms with Crippen LogP contribution in [0.1, 0.15) is 44.9 Å². The van der Waals surface area contributed by atoms with Crippen molar-refractivity contribution >= 4 is 16.8 Å². The quantitative estimate of drug-likeness (QED) is 0.939. The Morgan fingerprint density at radius 3 is 2.71 bits per heavy atom. The van der Waals surface area contributed by atoms with Crippen molar-refractivity contribution in [2.24, 2.45) is 5.73 Å². The van der Waals surface area contributed by atoms with Gasteiger partial charge in [-0.15, -0.1) is 0 Å². The van der Waals surface area contributed by atoms with Gasteiger partial charge in [0.2, 0.25) is 0 Å². The number of para-hydroxylation sites is 2. The molecule has 1 aliphatic rings. The molecule has 21 heavy (non-hydrogen) atoms. The second-order valence-corrected chi connectivity index (χ2v) is 6.08. The van der Waals surface area contributed by atoms with Crippen LogP contribution in [0.15, 0.2) is 24.3 Å². The first-order chi connectivity index (χ1) is 10.1. The Morgan fingerprint density at radius 2 is 2.00 bits per heavy atom. The minimum Gasteiger partial charge on any atom is -0.328 e. The van der Waals surface area contributed by atoms with Gasteiger partial charge in [0.1, 0.15) is 5.82 Å². The lowest BCUT2D eigenvalue weighted by Crippen LogP contribution is -2.50. The Labute approximate surface area is 125 Å². The predicted octanol–water partition coefficient (Wildman–Crippen LogP) is 2.83. The average molecular weight is 285 g/mol. The van der Waals surface area contributed by atoms with E-state index in [1.807, 2.05) is 18.2 Å². The molecule has 0 atom stereocenters. The number of Topliss-reactive ketones (excluding diaryl/α,β-unsaturated/α-hetero) is 1. The SMILES string of the molecule is CCn1c(CC(=O)C2(N)CCCCC2)nc2ccccc21. The van der Waals surface area contributed by atoms with E-state index in [1.165, 1.54) is 6.42 Å². The number of hydrogen-bond acceptors (Lipinski definition) is 3. The van der Waals surface area contributed by atoms with E-state index in [0.29, 0.717) is 6.42 Å². The molecule has 1 fully saturated rings. The van der Waals surface area contributed by atoms with E-state index in [0.717, 1.165) is 49.1 Å². The largest absolute Gasteiger partial charge is 0.328 e. The molecule has 0 spiro atoms. The molecular formula is C17H23N3O. The van der Waals surface area contributed by atoms with Crippen LogP contribution in [0.25, 0.3) is 11.0 Å². The Morgan fingerprint density at radius 1 is 1.29 bits per heavy atom. The molecule has 0 aliphatic heterocycles. The van der Waals surface area contributed by atoms with Gasteiger partial charge >= 0.3 is 0 Å². The standard InChI is InChI=1S/C17H23N3O/c1-2-20-14-9-5-4-8-13(14)19-16(20)12-15(21)17(18)10-6-3-7-11-17/h4-5,8-9H,2-3,6-7,10-12,18H2,1H3. The number of fused-ring (bicyclic) bond motifs is 1. The molecule has 4 nitrogen and oxygen atoms in total. The van der Waals surface area contributed by atoms with Gasteiger partial charge in [0, 0.05) is 6.54 Å². The summed E-state index contributed by atoms with van der Waals surface area (Å²) in [7, 11) is 0. The molecule has 3 rings (SSSR count). The summed E-state index contributed by atoms with van der Waals surface area (Å²) in [6, 6.07) is 8.03. The van der Waals surface area contributed by atoms with Crippen LogP contribution in [0.4, 0.5) is 0 Å². The first-order valence-corrected chi connectivity index (χ1v) is 7.90. The summed E-state index contributed by atoms with van der Waals surface area (Å²) in [4.78, 5) is 17.3. The van der Waals surface area contributed by atoms with Gasteiger partial charge in [-0.1, -0.05) is 31.4 Å². The Hall–Kier alpha value is -1.68. The average Bonchev–Trinajstić information content (AvgIpc) is 2.85. The highest BCUT2D eigenvalue weighted by Gasteiger charge is 2.35. The highest BCUT2D eigenvalue weighted by Crippen LogP contribution is 2.28. The number of hydrogen-bond donors (Lipinski definition) is 1. The van der Waals surface area contributed by atoms with Crippen LogP contribution in [0.2, 0.25) is 0 Å². The lowest BCUT2D eigenvalue weighted by molar-refractivity contribution is -0.124. The van der Waals surface area contributed by atoms with Crippen LogP contribution in [0.3, 0.4) is 0 Å². The number of carbonyl (C=O) groups excluding carboxylic acids is 1. The van der Waals surface area contributed by atoms with E-state index in [4.69, 9.17) is 5.73 Å². The van der Waals surface area contributed by atoms with Crippen molar-refractivity contribution in [3.63, 3.8) is 0 Å².